The predicted octanol–water partition coefficient (Wildman–Crippen LogP) is 2.60. The van der Waals surface area contributed by atoms with Crippen LogP contribution in [0.1, 0.15) is 18.4 Å². The Kier molecular flexibility index (Phi) is 5.16. The molecule has 0 N–H and O–H groups in total. The Labute approximate surface area is 117 Å². The quantitative estimate of drug-likeness (QED) is 0.716. The Morgan fingerprint density at radius 1 is 1.21 bits per heavy atom. The first-order valence-electron chi connectivity index (χ1n) is 7.08. The fraction of sp³-hybridized carbons (Fsp3) is 0.600. The molecule has 1 saturated heterocycles. The van der Waals surface area contributed by atoms with Crippen molar-refractivity contribution in [1.82, 2.24) is 4.90 Å². The molecule has 0 amide bonds. The van der Waals surface area contributed by atoms with Gasteiger partial charge in [0, 0.05) is 14.2 Å². The van der Waals surface area contributed by atoms with E-state index in [0.29, 0.717) is 5.67 Å². The van der Waals surface area contributed by atoms with Gasteiger partial charge in [0.1, 0.15) is 0 Å². The lowest BCUT2D eigenvalue weighted by atomic mass is 10.1. The van der Waals surface area contributed by atoms with Gasteiger partial charge in [0.15, 0.2) is 0 Å². The number of likely N-dealkylation sites (tertiary alicyclic amines) is 1. The van der Waals surface area contributed by atoms with Gasteiger partial charge in [-0.15, -0.1) is 0 Å². The summed E-state index contributed by atoms with van der Waals surface area (Å²) in [4.78, 5) is 2.53. The molecule has 0 spiro atoms. The molecular weight excluding hydrogens is 254 g/mol. The molecule has 0 aromatic heterocycles. The van der Waals surface area contributed by atoms with Crippen LogP contribution in [-0.2, 0) is 15.3 Å². The van der Waals surface area contributed by atoms with Crippen molar-refractivity contribution in [2.45, 2.75) is 31.5 Å². The number of rotatable bonds is 7. The van der Waals surface area contributed by atoms with Crippen molar-refractivity contribution in [3.63, 3.8) is 0 Å². The third-order valence-corrected chi connectivity index (χ3v) is 7.79. The van der Waals surface area contributed by atoms with Crippen LogP contribution in [0.2, 0.25) is 6.55 Å². The number of hydrogen-bond acceptors (Lipinski definition) is 3. The summed E-state index contributed by atoms with van der Waals surface area (Å²) >= 11 is 0. The molecule has 19 heavy (non-hydrogen) atoms. The highest BCUT2D eigenvalue weighted by molar-refractivity contribution is 6.67. The average molecular weight is 279 g/mol. The smallest absolute Gasteiger partial charge is 0.352 e. The second kappa shape index (κ2) is 6.66. The van der Waals surface area contributed by atoms with Gasteiger partial charge in [-0.25, -0.2) is 0 Å². The summed E-state index contributed by atoms with van der Waals surface area (Å²) in [7, 11) is 1.60. The zero-order valence-electron chi connectivity index (χ0n) is 12.3. The maximum atomic E-state index is 5.66. The van der Waals surface area contributed by atoms with E-state index in [2.05, 4.69) is 41.8 Å². The molecule has 0 bridgehead atoms. The van der Waals surface area contributed by atoms with Crippen LogP contribution in [0.15, 0.2) is 30.3 Å². The Morgan fingerprint density at radius 2 is 1.89 bits per heavy atom. The van der Waals surface area contributed by atoms with E-state index in [1.165, 1.54) is 24.9 Å². The van der Waals surface area contributed by atoms with Gasteiger partial charge in [0.2, 0.25) is 0 Å². The van der Waals surface area contributed by atoms with Crippen molar-refractivity contribution in [2.24, 2.45) is 0 Å². The summed E-state index contributed by atoms with van der Waals surface area (Å²) < 4.78 is 11.3. The standard InChI is InChI=1S/C15H25NO2Si/c1-17-19(3,18-2)15-11-13-16(15)12-7-10-14-8-5-4-6-9-14/h4-6,8-9,15H,7,10-13H2,1-3H3. The largest absolute Gasteiger partial charge is 0.397 e. The van der Waals surface area contributed by atoms with Gasteiger partial charge in [-0.2, -0.15) is 0 Å². The second-order valence-corrected chi connectivity index (χ2v) is 8.87. The summed E-state index contributed by atoms with van der Waals surface area (Å²) in [5, 5.41) is 0. The van der Waals surface area contributed by atoms with Crippen molar-refractivity contribution in [1.29, 1.82) is 0 Å². The van der Waals surface area contributed by atoms with Crippen LogP contribution in [0.5, 0.6) is 0 Å². The Bertz CT molecular complexity index is 381. The molecular formula is C15H25NO2Si. The van der Waals surface area contributed by atoms with Crippen molar-refractivity contribution in [3.05, 3.63) is 35.9 Å². The van der Waals surface area contributed by atoms with E-state index in [9.17, 15) is 0 Å². The van der Waals surface area contributed by atoms with Crippen molar-refractivity contribution in [3.8, 4) is 0 Å². The summed E-state index contributed by atoms with van der Waals surface area (Å²) in [6.07, 6.45) is 3.58. The van der Waals surface area contributed by atoms with E-state index in [0.717, 1.165) is 13.0 Å². The van der Waals surface area contributed by atoms with E-state index in [1.807, 2.05) is 0 Å². The van der Waals surface area contributed by atoms with Gasteiger partial charge in [-0.1, -0.05) is 30.3 Å². The molecule has 1 aromatic carbocycles. The van der Waals surface area contributed by atoms with Gasteiger partial charge in [0.05, 0.1) is 5.67 Å². The third-order valence-electron chi connectivity index (χ3n) is 4.30. The fourth-order valence-electron chi connectivity index (χ4n) is 2.79. The fourth-order valence-corrected chi connectivity index (χ4v) is 5.07. The first kappa shape index (κ1) is 14.7. The maximum absolute atomic E-state index is 5.66. The van der Waals surface area contributed by atoms with E-state index in [4.69, 9.17) is 8.85 Å². The van der Waals surface area contributed by atoms with Crippen LogP contribution in [0, 0.1) is 0 Å². The van der Waals surface area contributed by atoms with Crippen LogP contribution in [0.25, 0.3) is 0 Å². The van der Waals surface area contributed by atoms with Crippen LogP contribution < -0.4 is 0 Å². The molecule has 1 unspecified atom stereocenters. The molecule has 1 aromatic rings. The Balaban J connectivity index is 1.78. The van der Waals surface area contributed by atoms with E-state index < -0.39 is 8.56 Å². The minimum atomic E-state index is -1.98. The lowest BCUT2D eigenvalue weighted by molar-refractivity contribution is 0.0895. The first-order chi connectivity index (χ1) is 9.19. The van der Waals surface area contributed by atoms with E-state index in [1.54, 1.807) is 14.2 Å². The number of aryl methyl sites for hydroxylation is 1. The van der Waals surface area contributed by atoms with Crippen molar-refractivity contribution < 1.29 is 8.85 Å². The molecule has 3 nitrogen and oxygen atoms in total. The SMILES string of the molecule is CO[Si](C)(OC)C1CCN1CCCc1ccccc1. The highest BCUT2D eigenvalue weighted by Gasteiger charge is 2.47. The van der Waals surface area contributed by atoms with Gasteiger partial charge in [-0.3, -0.25) is 4.90 Å². The summed E-state index contributed by atoms with van der Waals surface area (Å²) in [6, 6.07) is 10.7. The summed E-state index contributed by atoms with van der Waals surface area (Å²) in [5.74, 6) is 0. The predicted molar refractivity (Wildman–Crippen MR) is 80.4 cm³/mol. The average Bonchev–Trinajstić information content (AvgIpc) is 2.43. The molecule has 1 atom stereocenters. The van der Waals surface area contributed by atoms with Crippen LogP contribution >= 0.6 is 0 Å². The van der Waals surface area contributed by atoms with Gasteiger partial charge < -0.3 is 8.85 Å². The molecule has 0 radical (unpaired) electrons. The van der Waals surface area contributed by atoms with Crippen LogP contribution in [0.3, 0.4) is 0 Å². The maximum Gasteiger partial charge on any atom is 0.352 e. The molecule has 0 saturated carbocycles. The minimum absolute atomic E-state index is 0.526. The molecule has 106 valence electrons. The number of benzene rings is 1. The topological polar surface area (TPSA) is 21.7 Å². The monoisotopic (exact) mass is 279 g/mol. The van der Waals surface area contributed by atoms with Gasteiger partial charge in [-0.05, 0) is 44.5 Å². The normalized spacial score (nSPS) is 20.3. The summed E-state index contributed by atoms with van der Waals surface area (Å²) in [5.41, 5.74) is 1.95. The Morgan fingerprint density at radius 3 is 2.42 bits per heavy atom. The van der Waals surface area contributed by atoms with Crippen molar-refractivity contribution >= 4 is 8.56 Å². The van der Waals surface area contributed by atoms with Crippen LogP contribution in [-0.4, -0.2) is 46.4 Å². The lowest BCUT2D eigenvalue weighted by Gasteiger charge is -2.47. The highest BCUT2D eigenvalue weighted by atomic mass is 28.4. The zero-order valence-corrected chi connectivity index (χ0v) is 13.3. The highest BCUT2D eigenvalue weighted by Crippen LogP contribution is 2.27. The number of hydrogen-bond donors (Lipinski definition) is 0. The van der Waals surface area contributed by atoms with E-state index >= 15 is 0 Å². The van der Waals surface area contributed by atoms with E-state index in [-0.39, 0.29) is 0 Å². The molecule has 1 aliphatic heterocycles. The van der Waals surface area contributed by atoms with Gasteiger partial charge in [0.25, 0.3) is 0 Å². The zero-order chi connectivity index (χ0) is 13.7. The molecule has 1 fully saturated rings. The molecule has 1 heterocycles. The number of nitrogens with zero attached hydrogens (tertiary/aromatic N) is 1. The summed E-state index contributed by atoms with van der Waals surface area (Å²) in [6.45, 7) is 4.50. The Hall–Kier alpha value is -0.683. The third kappa shape index (κ3) is 3.45. The lowest BCUT2D eigenvalue weighted by Crippen LogP contribution is -2.65. The molecule has 0 aliphatic carbocycles. The van der Waals surface area contributed by atoms with Gasteiger partial charge >= 0.3 is 8.56 Å². The minimum Gasteiger partial charge on any atom is -0.397 e. The molecule has 1 aliphatic rings. The first-order valence-corrected chi connectivity index (χ1v) is 9.47. The molecule has 4 heteroatoms. The van der Waals surface area contributed by atoms with Crippen LogP contribution in [0.4, 0.5) is 0 Å². The van der Waals surface area contributed by atoms with Crippen molar-refractivity contribution in [2.75, 3.05) is 27.3 Å². The second-order valence-electron chi connectivity index (χ2n) is 5.35. The molecule has 2 rings (SSSR count).